The van der Waals surface area contributed by atoms with E-state index in [9.17, 15) is 4.79 Å². The molecule has 2 aliphatic rings. The fourth-order valence-electron chi connectivity index (χ4n) is 2.93. The van der Waals surface area contributed by atoms with Crippen LogP contribution >= 0.6 is 0 Å². The predicted octanol–water partition coefficient (Wildman–Crippen LogP) is -1.19. The van der Waals surface area contributed by atoms with Gasteiger partial charge in [0.05, 0.1) is 13.2 Å². The lowest BCUT2D eigenvalue weighted by molar-refractivity contribution is -0.132. The highest BCUT2D eigenvalue weighted by atomic mass is 16.3. The van der Waals surface area contributed by atoms with Gasteiger partial charge < -0.3 is 15.3 Å². The predicted molar refractivity (Wildman–Crippen MR) is 78.6 cm³/mol. The van der Waals surface area contributed by atoms with Gasteiger partial charge in [-0.25, -0.2) is 0 Å². The highest BCUT2D eigenvalue weighted by molar-refractivity contribution is 5.78. The first-order chi connectivity index (χ1) is 9.79. The van der Waals surface area contributed by atoms with Crippen molar-refractivity contribution in [3.8, 4) is 0 Å². The third-order valence-electron chi connectivity index (χ3n) is 4.15. The molecule has 0 aromatic rings. The summed E-state index contributed by atoms with van der Waals surface area (Å²) >= 11 is 0. The van der Waals surface area contributed by atoms with Crippen molar-refractivity contribution in [3.63, 3.8) is 0 Å². The average molecular weight is 284 g/mol. The van der Waals surface area contributed by atoms with Crippen LogP contribution in [0, 0.1) is 0 Å². The maximum absolute atomic E-state index is 12.3. The number of hydrogen-bond donors (Lipinski definition) is 2. The zero-order valence-electron chi connectivity index (χ0n) is 12.4. The molecule has 1 amide bonds. The largest absolute Gasteiger partial charge is 0.395 e. The van der Waals surface area contributed by atoms with E-state index in [1.807, 2.05) is 4.90 Å². The maximum Gasteiger partial charge on any atom is 0.236 e. The summed E-state index contributed by atoms with van der Waals surface area (Å²) in [5.41, 5.74) is 0. The van der Waals surface area contributed by atoms with E-state index in [2.05, 4.69) is 15.1 Å². The molecule has 0 aliphatic carbocycles. The van der Waals surface area contributed by atoms with Crippen molar-refractivity contribution in [1.29, 1.82) is 0 Å². The third kappa shape index (κ3) is 5.01. The van der Waals surface area contributed by atoms with E-state index in [0.29, 0.717) is 6.54 Å². The van der Waals surface area contributed by atoms with Gasteiger partial charge >= 0.3 is 0 Å². The van der Waals surface area contributed by atoms with Crippen molar-refractivity contribution < 1.29 is 9.90 Å². The molecule has 116 valence electrons. The Labute approximate surface area is 121 Å². The van der Waals surface area contributed by atoms with Crippen molar-refractivity contribution in [2.75, 3.05) is 72.1 Å². The smallest absolute Gasteiger partial charge is 0.236 e. The molecule has 6 nitrogen and oxygen atoms in total. The van der Waals surface area contributed by atoms with E-state index in [0.717, 1.165) is 71.7 Å². The van der Waals surface area contributed by atoms with Crippen molar-refractivity contribution in [2.45, 2.75) is 12.8 Å². The molecule has 2 saturated heterocycles. The van der Waals surface area contributed by atoms with Crippen LogP contribution in [0.5, 0.6) is 0 Å². The number of carbonyl (C=O) groups excluding carboxylic acids is 1. The minimum atomic E-state index is 0.222. The summed E-state index contributed by atoms with van der Waals surface area (Å²) in [5, 5.41) is 12.3. The Morgan fingerprint density at radius 3 is 2.60 bits per heavy atom. The second kappa shape index (κ2) is 8.56. The number of carbonyl (C=O) groups is 1. The number of aliphatic hydroxyl groups is 1. The molecule has 0 bridgehead atoms. The minimum absolute atomic E-state index is 0.222. The number of nitrogens with zero attached hydrogens (tertiary/aromatic N) is 3. The lowest BCUT2D eigenvalue weighted by Gasteiger charge is -2.25. The summed E-state index contributed by atoms with van der Waals surface area (Å²) < 4.78 is 0. The number of nitrogens with one attached hydrogen (secondary N) is 1. The molecule has 20 heavy (non-hydrogen) atoms. The van der Waals surface area contributed by atoms with Crippen LogP contribution in [0.25, 0.3) is 0 Å². The molecule has 0 saturated carbocycles. The number of rotatable bonds is 4. The monoisotopic (exact) mass is 284 g/mol. The third-order valence-corrected chi connectivity index (χ3v) is 4.15. The topological polar surface area (TPSA) is 59.1 Å². The lowest BCUT2D eigenvalue weighted by Crippen LogP contribution is -2.43. The normalized spacial score (nSPS) is 23.4. The van der Waals surface area contributed by atoms with E-state index in [4.69, 9.17) is 5.11 Å². The molecule has 0 aromatic heterocycles. The molecule has 2 rings (SSSR count). The minimum Gasteiger partial charge on any atom is -0.395 e. The van der Waals surface area contributed by atoms with Crippen LogP contribution in [0.4, 0.5) is 0 Å². The van der Waals surface area contributed by atoms with Gasteiger partial charge in [0.15, 0.2) is 0 Å². The molecular formula is C14H28N4O2. The molecule has 2 N–H and O–H groups in total. The second-order valence-electron chi connectivity index (χ2n) is 5.68. The van der Waals surface area contributed by atoms with Crippen LogP contribution in [0.3, 0.4) is 0 Å². The van der Waals surface area contributed by atoms with Crippen LogP contribution in [0.1, 0.15) is 12.8 Å². The Hall–Kier alpha value is -0.690. The molecular weight excluding hydrogens is 256 g/mol. The second-order valence-corrected chi connectivity index (χ2v) is 5.68. The van der Waals surface area contributed by atoms with Crippen molar-refractivity contribution >= 4 is 5.91 Å². The fourth-order valence-corrected chi connectivity index (χ4v) is 2.93. The van der Waals surface area contributed by atoms with E-state index < -0.39 is 0 Å². The first-order valence-electron chi connectivity index (χ1n) is 7.83. The summed E-state index contributed by atoms with van der Waals surface area (Å²) in [5.74, 6) is 0.268. The van der Waals surface area contributed by atoms with E-state index in [1.54, 1.807) is 0 Å². The number of hydrogen-bond acceptors (Lipinski definition) is 5. The van der Waals surface area contributed by atoms with Crippen LogP contribution in [0.2, 0.25) is 0 Å². The number of β-amino-alcohol motifs (C(OH)–C–C–N with tert-alkyl or cyclic N) is 1. The van der Waals surface area contributed by atoms with Crippen molar-refractivity contribution in [1.82, 2.24) is 20.0 Å². The lowest BCUT2D eigenvalue weighted by atomic mass is 10.3. The average Bonchev–Trinajstić information content (AvgIpc) is 2.82. The Morgan fingerprint density at radius 1 is 0.950 bits per heavy atom. The summed E-state index contributed by atoms with van der Waals surface area (Å²) in [4.78, 5) is 18.9. The Kier molecular flexibility index (Phi) is 6.72. The van der Waals surface area contributed by atoms with E-state index >= 15 is 0 Å². The van der Waals surface area contributed by atoms with Gasteiger partial charge in [0, 0.05) is 39.3 Å². The first kappa shape index (κ1) is 15.7. The first-order valence-corrected chi connectivity index (χ1v) is 7.83. The fraction of sp³-hybridized carbons (Fsp3) is 0.929. The summed E-state index contributed by atoms with van der Waals surface area (Å²) in [6.07, 6.45) is 2.13. The van der Waals surface area contributed by atoms with Crippen LogP contribution < -0.4 is 5.32 Å². The van der Waals surface area contributed by atoms with Crippen LogP contribution in [-0.2, 0) is 4.79 Å². The molecule has 0 atom stereocenters. The van der Waals surface area contributed by atoms with Gasteiger partial charge in [-0.15, -0.1) is 0 Å². The molecule has 0 radical (unpaired) electrons. The molecule has 2 aliphatic heterocycles. The van der Waals surface area contributed by atoms with Gasteiger partial charge in [0.2, 0.25) is 5.91 Å². The maximum atomic E-state index is 12.3. The van der Waals surface area contributed by atoms with Gasteiger partial charge in [-0.2, -0.15) is 0 Å². The van der Waals surface area contributed by atoms with Gasteiger partial charge in [0.25, 0.3) is 0 Å². The molecule has 0 aromatic carbocycles. The zero-order valence-corrected chi connectivity index (χ0v) is 12.4. The summed E-state index contributed by atoms with van der Waals surface area (Å²) in [6, 6.07) is 0. The van der Waals surface area contributed by atoms with E-state index in [1.165, 1.54) is 0 Å². The Bertz CT molecular complexity index is 293. The molecule has 6 heteroatoms. The Balaban J connectivity index is 1.75. The highest BCUT2D eigenvalue weighted by Crippen LogP contribution is 2.04. The quantitative estimate of drug-likeness (QED) is 0.680. The SMILES string of the molecule is O=C(CN1CCCN(CCO)CC1)N1CCCNCC1. The van der Waals surface area contributed by atoms with Crippen LogP contribution in [0.15, 0.2) is 0 Å². The van der Waals surface area contributed by atoms with Gasteiger partial charge in [-0.05, 0) is 32.5 Å². The number of aliphatic hydroxyl groups excluding tert-OH is 1. The van der Waals surface area contributed by atoms with Crippen molar-refractivity contribution in [3.05, 3.63) is 0 Å². The highest BCUT2D eigenvalue weighted by Gasteiger charge is 2.20. The molecule has 0 spiro atoms. The molecule has 2 heterocycles. The summed E-state index contributed by atoms with van der Waals surface area (Å²) in [7, 11) is 0. The van der Waals surface area contributed by atoms with Crippen LogP contribution in [-0.4, -0.2) is 97.8 Å². The molecule has 2 fully saturated rings. The van der Waals surface area contributed by atoms with Crippen molar-refractivity contribution in [2.24, 2.45) is 0 Å². The summed E-state index contributed by atoms with van der Waals surface area (Å²) in [6.45, 7) is 9.07. The number of amides is 1. The van der Waals surface area contributed by atoms with Gasteiger partial charge in [-0.3, -0.25) is 14.6 Å². The van der Waals surface area contributed by atoms with Gasteiger partial charge in [0.1, 0.15) is 0 Å². The van der Waals surface area contributed by atoms with E-state index in [-0.39, 0.29) is 12.5 Å². The Morgan fingerprint density at radius 2 is 1.75 bits per heavy atom. The standard InChI is InChI=1S/C14H28N4O2/c19-12-11-16-5-2-6-17(10-9-16)13-14(20)18-7-1-3-15-4-8-18/h15,19H,1-13H2. The van der Waals surface area contributed by atoms with Gasteiger partial charge in [-0.1, -0.05) is 0 Å². The molecule has 0 unspecified atom stereocenters. The zero-order chi connectivity index (χ0) is 14.2.